The van der Waals surface area contributed by atoms with Crippen LogP contribution >= 0.6 is 0 Å². The summed E-state index contributed by atoms with van der Waals surface area (Å²) in [7, 11) is 0. The number of rotatable bonds is 3. The summed E-state index contributed by atoms with van der Waals surface area (Å²) in [4.78, 5) is 0. The molecule has 3 N–H and O–H groups in total. The fourth-order valence-electron chi connectivity index (χ4n) is 1.31. The highest BCUT2D eigenvalue weighted by atomic mass is 19.1. The monoisotopic (exact) mass is 215 g/mol. The molecular weight excluding hydrogens is 200 g/mol. The lowest BCUT2D eigenvalue weighted by atomic mass is 9.94. The van der Waals surface area contributed by atoms with Gasteiger partial charge in [0.25, 0.3) is 0 Å². The van der Waals surface area contributed by atoms with Crippen molar-refractivity contribution < 1.29 is 13.9 Å². The fraction of sp³-hybridized carbons (Fsp3) is 0.455. The highest BCUT2D eigenvalue weighted by molar-refractivity contribution is 5.26. The van der Waals surface area contributed by atoms with E-state index < -0.39 is 17.2 Å². The summed E-state index contributed by atoms with van der Waals surface area (Å²) < 4.78 is 26.6. The molecule has 0 radical (unpaired) electrons. The van der Waals surface area contributed by atoms with Gasteiger partial charge in [-0.15, -0.1) is 0 Å². The van der Waals surface area contributed by atoms with Gasteiger partial charge in [0, 0.05) is 5.54 Å². The lowest BCUT2D eigenvalue weighted by Gasteiger charge is -2.22. The number of halogens is 2. The van der Waals surface area contributed by atoms with Crippen LogP contribution in [0.3, 0.4) is 0 Å². The van der Waals surface area contributed by atoms with Crippen molar-refractivity contribution in [3.63, 3.8) is 0 Å². The summed E-state index contributed by atoms with van der Waals surface area (Å²) in [6.07, 6.45) is 0.104. The first-order valence-corrected chi connectivity index (χ1v) is 4.70. The molecule has 0 bridgehead atoms. The van der Waals surface area contributed by atoms with E-state index in [-0.39, 0.29) is 24.2 Å². The van der Waals surface area contributed by atoms with Crippen molar-refractivity contribution in [3.05, 3.63) is 34.9 Å². The minimum Gasteiger partial charge on any atom is -0.394 e. The zero-order valence-electron chi connectivity index (χ0n) is 8.85. The van der Waals surface area contributed by atoms with Crippen molar-refractivity contribution in [2.45, 2.75) is 25.8 Å². The normalized spacial score (nSPS) is 15.1. The van der Waals surface area contributed by atoms with Gasteiger partial charge >= 0.3 is 0 Å². The van der Waals surface area contributed by atoms with E-state index >= 15 is 0 Å². The molecule has 0 saturated carbocycles. The van der Waals surface area contributed by atoms with Gasteiger partial charge in [0.05, 0.1) is 6.61 Å². The summed E-state index contributed by atoms with van der Waals surface area (Å²) >= 11 is 0. The maximum Gasteiger partial charge on any atom is 0.126 e. The third-order valence-electron chi connectivity index (χ3n) is 2.28. The first-order valence-electron chi connectivity index (χ1n) is 4.70. The molecule has 0 saturated heterocycles. The highest BCUT2D eigenvalue weighted by Crippen LogP contribution is 2.18. The van der Waals surface area contributed by atoms with Crippen LogP contribution < -0.4 is 5.73 Å². The first kappa shape index (κ1) is 12.1. The van der Waals surface area contributed by atoms with Crippen LogP contribution in [0.1, 0.15) is 18.1 Å². The van der Waals surface area contributed by atoms with E-state index in [1.165, 1.54) is 6.92 Å². The van der Waals surface area contributed by atoms with E-state index in [2.05, 4.69) is 0 Å². The molecule has 84 valence electrons. The molecule has 0 aliphatic rings. The van der Waals surface area contributed by atoms with Crippen LogP contribution in [0.15, 0.2) is 12.1 Å². The zero-order valence-corrected chi connectivity index (χ0v) is 8.85. The predicted octanol–water partition coefficient (Wildman–Crippen LogP) is 1.53. The minimum absolute atomic E-state index is 0.104. The van der Waals surface area contributed by atoms with E-state index in [0.717, 1.165) is 12.1 Å². The van der Waals surface area contributed by atoms with Gasteiger partial charge in [0.15, 0.2) is 0 Å². The van der Waals surface area contributed by atoms with Gasteiger partial charge in [-0.3, -0.25) is 0 Å². The van der Waals surface area contributed by atoms with Gasteiger partial charge < -0.3 is 10.8 Å². The molecule has 1 aromatic carbocycles. The Kier molecular flexibility index (Phi) is 3.42. The third-order valence-corrected chi connectivity index (χ3v) is 2.28. The maximum absolute atomic E-state index is 13.4. The fourth-order valence-corrected chi connectivity index (χ4v) is 1.31. The summed E-state index contributed by atoms with van der Waals surface area (Å²) in [5, 5.41) is 8.93. The Morgan fingerprint density at radius 3 is 2.47 bits per heavy atom. The second kappa shape index (κ2) is 4.24. The van der Waals surface area contributed by atoms with Crippen LogP contribution in [0.25, 0.3) is 0 Å². The summed E-state index contributed by atoms with van der Waals surface area (Å²) in [6.45, 7) is 2.81. The van der Waals surface area contributed by atoms with Crippen molar-refractivity contribution in [2.75, 3.05) is 6.61 Å². The molecule has 0 aromatic heterocycles. The molecule has 0 aliphatic heterocycles. The van der Waals surface area contributed by atoms with Crippen molar-refractivity contribution in [1.82, 2.24) is 0 Å². The number of nitrogens with two attached hydrogens (primary N) is 1. The molecule has 0 fully saturated rings. The van der Waals surface area contributed by atoms with Crippen molar-refractivity contribution in [3.8, 4) is 0 Å². The van der Waals surface area contributed by atoms with E-state index in [1.807, 2.05) is 0 Å². The lowest BCUT2D eigenvalue weighted by Crippen LogP contribution is -2.42. The molecule has 2 nitrogen and oxygen atoms in total. The molecule has 1 aromatic rings. The lowest BCUT2D eigenvalue weighted by molar-refractivity contribution is 0.207. The molecule has 1 rings (SSSR count). The Hall–Kier alpha value is -1.00. The molecular formula is C11H15F2NO. The van der Waals surface area contributed by atoms with E-state index in [0.29, 0.717) is 0 Å². The van der Waals surface area contributed by atoms with Gasteiger partial charge in [-0.1, -0.05) is 0 Å². The molecule has 0 heterocycles. The molecule has 0 aliphatic carbocycles. The Bertz CT molecular complexity index is 364. The van der Waals surface area contributed by atoms with Crippen molar-refractivity contribution in [1.29, 1.82) is 0 Å². The highest BCUT2D eigenvalue weighted by Gasteiger charge is 2.20. The number of hydrogen-bond donors (Lipinski definition) is 2. The number of aliphatic hydroxyl groups is 1. The zero-order chi connectivity index (χ0) is 11.6. The second-order valence-electron chi connectivity index (χ2n) is 4.18. The van der Waals surface area contributed by atoms with E-state index in [9.17, 15) is 8.78 Å². The maximum atomic E-state index is 13.4. The SMILES string of the molecule is Cc1cc(F)c(CC(C)(N)CO)cc1F. The average Bonchev–Trinajstić information content (AvgIpc) is 2.14. The Labute approximate surface area is 87.7 Å². The smallest absolute Gasteiger partial charge is 0.126 e. The minimum atomic E-state index is -0.928. The quantitative estimate of drug-likeness (QED) is 0.803. The standard InChI is InChI=1S/C11H15F2NO/c1-7-3-10(13)8(4-9(7)12)5-11(2,14)6-15/h3-4,15H,5-6,14H2,1-2H3. The molecule has 0 spiro atoms. The summed E-state index contributed by atoms with van der Waals surface area (Å²) in [6, 6.07) is 2.27. The number of benzene rings is 1. The predicted molar refractivity (Wildman–Crippen MR) is 54.5 cm³/mol. The van der Waals surface area contributed by atoms with Crippen molar-refractivity contribution in [2.24, 2.45) is 5.73 Å². The topological polar surface area (TPSA) is 46.2 Å². The molecule has 1 atom stereocenters. The van der Waals surface area contributed by atoms with Gasteiger partial charge in [-0.05, 0) is 43.5 Å². The van der Waals surface area contributed by atoms with Crippen LogP contribution in [0.2, 0.25) is 0 Å². The van der Waals surface area contributed by atoms with Crippen LogP contribution in [-0.4, -0.2) is 17.3 Å². The van der Waals surface area contributed by atoms with Crippen molar-refractivity contribution >= 4 is 0 Å². The largest absolute Gasteiger partial charge is 0.394 e. The Balaban J connectivity index is 3.01. The number of hydrogen-bond acceptors (Lipinski definition) is 2. The average molecular weight is 215 g/mol. The van der Waals surface area contributed by atoms with Crippen LogP contribution in [0, 0.1) is 18.6 Å². The van der Waals surface area contributed by atoms with Gasteiger partial charge in [-0.25, -0.2) is 8.78 Å². The summed E-state index contributed by atoms with van der Waals surface area (Å²) in [5.74, 6) is -0.945. The molecule has 1 unspecified atom stereocenters. The summed E-state index contributed by atoms with van der Waals surface area (Å²) in [5.41, 5.74) is 5.19. The second-order valence-corrected chi connectivity index (χ2v) is 4.18. The third kappa shape index (κ3) is 2.97. The van der Waals surface area contributed by atoms with E-state index in [1.54, 1.807) is 6.92 Å². The molecule has 15 heavy (non-hydrogen) atoms. The molecule has 4 heteroatoms. The first-order chi connectivity index (χ1) is 6.85. The Morgan fingerprint density at radius 1 is 1.33 bits per heavy atom. The Morgan fingerprint density at radius 2 is 1.93 bits per heavy atom. The van der Waals surface area contributed by atoms with Gasteiger partial charge in [0.2, 0.25) is 0 Å². The van der Waals surface area contributed by atoms with E-state index in [4.69, 9.17) is 10.8 Å². The van der Waals surface area contributed by atoms with Crippen LogP contribution in [0.4, 0.5) is 8.78 Å². The van der Waals surface area contributed by atoms with Crippen LogP contribution in [0.5, 0.6) is 0 Å². The number of aryl methyl sites for hydroxylation is 1. The van der Waals surface area contributed by atoms with Gasteiger partial charge in [-0.2, -0.15) is 0 Å². The molecule has 0 amide bonds. The van der Waals surface area contributed by atoms with Crippen LogP contribution in [-0.2, 0) is 6.42 Å². The number of aliphatic hydroxyl groups excluding tert-OH is 1. The van der Waals surface area contributed by atoms with Gasteiger partial charge in [0.1, 0.15) is 11.6 Å².